The Kier molecular flexibility index (Phi) is 6.05. The molecule has 0 unspecified atom stereocenters. The van der Waals surface area contributed by atoms with Crippen molar-refractivity contribution in [2.75, 3.05) is 7.11 Å². The predicted octanol–water partition coefficient (Wildman–Crippen LogP) is 0.421. The lowest BCUT2D eigenvalue weighted by Crippen LogP contribution is -2.01. The Balaban J connectivity index is 4.34. The number of rotatable bonds is 4. The normalized spacial score (nSPS) is 12.5. The molecule has 0 amide bonds. The van der Waals surface area contributed by atoms with Crippen molar-refractivity contribution in [2.45, 2.75) is 6.42 Å². The Bertz CT molecular complexity index is 242. The van der Waals surface area contributed by atoms with E-state index >= 15 is 0 Å². The third-order valence-corrected chi connectivity index (χ3v) is 1.31. The number of nitrogens with two attached hydrogens (primary N) is 2. The van der Waals surface area contributed by atoms with Crippen LogP contribution in [0.25, 0.3) is 0 Å². The monoisotopic (exact) mass is 182 g/mol. The number of ether oxygens (including phenoxy) is 1. The SMILES string of the molecule is COC(=O)CC(=C/C=C/N)/C=C/N. The molecule has 0 atom stereocenters. The molecule has 0 heterocycles. The molecule has 0 aliphatic carbocycles. The number of carbonyl (C=O) groups is 1. The predicted molar refractivity (Wildman–Crippen MR) is 51.4 cm³/mol. The van der Waals surface area contributed by atoms with Crippen molar-refractivity contribution >= 4 is 5.97 Å². The second-order valence-electron chi connectivity index (χ2n) is 2.24. The van der Waals surface area contributed by atoms with Crippen LogP contribution in [0.1, 0.15) is 6.42 Å². The molecule has 4 N–H and O–H groups in total. The van der Waals surface area contributed by atoms with Crippen LogP contribution < -0.4 is 11.5 Å². The van der Waals surface area contributed by atoms with Crippen LogP contribution in [-0.2, 0) is 9.53 Å². The average molecular weight is 182 g/mol. The summed E-state index contributed by atoms with van der Waals surface area (Å²) in [6, 6.07) is 0. The molecule has 0 bridgehead atoms. The molecule has 0 saturated carbocycles. The van der Waals surface area contributed by atoms with Gasteiger partial charge < -0.3 is 16.2 Å². The molecule has 0 radical (unpaired) electrons. The van der Waals surface area contributed by atoms with Crippen LogP contribution in [0.2, 0.25) is 0 Å². The van der Waals surface area contributed by atoms with Gasteiger partial charge in [0.15, 0.2) is 0 Å². The number of carbonyl (C=O) groups excluding carboxylic acids is 1. The fourth-order valence-corrected chi connectivity index (χ4v) is 0.715. The number of methoxy groups -OCH3 is 1. The number of allylic oxidation sites excluding steroid dienone is 3. The standard InChI is InChI=1S/C9H14N2O2/c1-13-9(12)7-8(4-6-11)3-2-5-10/h2-6H,7,10-11H2,1H3/b5-2+,6-4+,8-3+. The van der Waals surface area contributed by atoms with Crippen LogP contribution >= 0.6 is 0 Å². The highest BCUT2D eigenvalue weighted by molar-refractivity contribution is 5.73. The van der Waals surface area contributed by atoms with Crippen LogP contribution in [-0.4, -0.2) is 13.1 Å². The molecule has 0 aromatic carbocycles. The van der Waals surface area contributed by atoms with Crippen molar-refractivity contribution in [2.24, 2.45) is 11.5 Å². The molecular weight excluding hydrogens is 168 g/mol. The van der Waals surface area contributed by atoms with Crippen molar-refractivity contribution in [3.05, 3.63) is 36.2 Å². The minimum atomic E-state index is -0.310. The zero-order valence-electron chi connectivity index (χ0n) is 7.57. The Morgan fingerprint density at radius 1 is 1.38 bits per heavy atom. The highest BCUT2D eigenvalue weighted by Crippen LogP contribution is 2.04. The summed E-state index contributed by atoms with van der Waals surface area (Å²) in [5.74, 6) is -0.310. The van der Waals surface area contributed by atoms with Gasteiger partial charge in [-0.25, -0.2) is 0 Å². The van der Waals surface area contributed by atoms with Gasteiger partial charge in [-0.05, 0) is 30.1 Å². The smallest absolute Gasteiger partial charge is 0.309 e. The molecule has 0 aliphatic rings. The summed E-state index contributed by atoms with van der Waals surface area (Å²) in [4.78, 5) is 10.9. The second-order valence-corrected chi connectivity index (χ2v) is 2.24. The molecule has 0 aromatic heterocycles. The molecule has 0 spiro atoms. The highest BCUT2D eigenvalue weighted by atomic mass is 16.5. The summed E-state index contributed by atoms with van der Waals surface area (Å²) in [6.07, 6.45) is 7.87. The third-order valence-electron chi connectivity index (χ3n) is 1.31. The second kappa shape index (κ2) is 6.97. The van der Waals surface area contributed by atoms with Gasteiger partial charge in [-0.1, -0.05) is 6.08 Å². The van der Waals surface area contributed by atoms with E-state index in [0.29, 0.717) is 0 Å². The zero-order valence-corrected chi connectivity index (χ0v) is 7.57. The van der Waals surface area contributed by atoms with Gasteiger partial charge in [-0.2, -0.15) is 0 Å². The minimum Gasteiger partial charge on any atom is -0.469 e. The first-order valence-corrected chi connectivity index (χ1v) is 3.77. The zero-order chi connectivity index (χ0) is 10.1. The van der Waals surface area contributed by atoms with E-state index in [1.165, 1.54) is 19.5 Å². The topological polar surface area (TPSA) is 78.3 Å². The van der Waals surface area contributed by atoms with Crippen LogP contribution in [0.4, 0.5) is 0 Å². The first kappa shape index (κ1) is 11.3. The van der Waals surface area contributed by atoms with Crippen LogP contribution in [0.3, 0.4) is 0 Å². The number of hydrogen-bond acceptors (Lipinski definition) is 4. The Morgan fingerprint density at radius 2 is 2.08 bits per heavy atom. The lowest BCUT2D eigenvalue weighted by molar-refractivity contribution is -0.139. The molecule has 72 valence electrons. The van der Waals surface area contributed by atoms with E-state index in [9.17, 15) is 4.79 Å². The van der Waals surface area contributed by atoms with Gasteiger partial charge in [-0.3, -0.25) is 4.79 Å². The van der Waals surface area contributed by atoms with Crippen LogP contribution in [0, 0.1) is 0 Å². The Morgan fingerprint density at radius 3 is 2.54 bits per heavy atom. The summed E-state index contributed by atoms with van der Waals surface area (Å²) < 4.78 is 4.50. The minimum absolute atomic E-state index is 0.189. The molecule has 0 aliphatic heterocycles. The number of esters is 1. The van der Waals surface area contributed by atoms with Crippen molar-refractivity contribution in [3.8, 4) is 0 Å². The Hall–Kier alpha value is -1.71. The van der Waals surface area contributed by atoms with Gasteiger partial charge in [0.05, 0.1) is 13.5 Å². The van der Waals surface area contributed by atoms with E-state index in [4.69, 9.17) is 11.5 Å². The quantitative estimate of drug-likeness (QED) is 0.488. The molecule has 4 nitrogen and oxygen atoms in total. The summed E-state index contributed by atoms with van der Waals surface area (Å²) in [7, 11) is 1.34. The molecule has 0 saturated heterocycles. The van der Waals surface area contributed by atoms with E-state index in [0.717, 1.165) is 5.57 Å². The van der Waals surface area contributed by atoms with Gasteiger partial charge in [-0.15, -0.1) is 0 Å². The highest BCUT2D eigenvalue weighted by Gasteiger charge is 2.01. The molecule has 0 aromatic rings. The Labute approximate surface area is 77.5 Å². The number of hydrogen-bond donors (Lipinski definition) is 2. The summed E-state index contributed by atoms with van der Waals surface area (Å²) >= 11 is 0. The van der Waals surface area contributed by atoms with Crippen molar-refractivity contribution in [3.63, 3.8) is 0 Å². The van der Waals surface area contributed by atoms with E-state index in [1.54, 1.807) is 18.2 Å². The molecule has 4 heteroatoms. The fraction of sp³-hybridized carbons (Fsp3) is 0.222. The fourth-order valence-electron chi connectivity index (χ4n) is 0.715. The van der Waals surface area contributed by atoms with Gasteiger partial charge >= 0.3 is 5.97 Å². The van der Waals surface area contributed by atoms with Crippen LogP contribution in [0.15, 0.2) is 36.2 Å². The van der Waals surface area contributed by atoms with Gasteiger partial charge in [0, 0.05) is 0 Å². The third kappa shape index (κ3) is 5.55. The van der Waals surface area contributed by atoms with Crippen LogP contribution in [0.5, 0.6) is 0 Å². The summed E-state index contributed by atoms with van der Waals surface area (Å²) in [5.41, 5.74) is 11.1. The van der Waals surface area contributed by atoms with Crippen molar-refractivity contribution in [1.82, 2.24) is 0 Å². The maximum atomic E-state index is 10.9. The summed E-state index contributed by atoms with van der Waals surface area (Å²) in [5, 5.41) is 0. The first-order valence-electron chi connectivity index (χ1n) is 3.77. The largest absolute Gasteiger partial charge is 0.469 e. The van der Waals surface area contributed by atoms with Gasteiger partial charge in [0.2, 0.25) is 0 Å². The van der Waals surface area contributed by atoms with Crippen molar-refractivity contribution in [1.29, 1.82) is 0 Å². The van der Waals surface area contributed by atoms with E-state index < -0.39 is 0 Å². The molecule has 0 fully saturated rings. The average Bonchev–Trinajstić information content (AvgIpc) is 2.14. The lowest BCUT2D eigenvalue weighted by Gasteiger charge is -1.98. The van der Waals surface area contributed by atoms with E-state index in [2.05, 4.69) is 4.74 Å². The van der Waals surface area contributed by atoms with E-state index in [-0.39, 0.29) is 12.4 Å². The van der Waals surface area contributed by atoms with Gasteiger partial charge in [0.1, 0.15) is 0 Å². The molecular formula is C9H14N2O2. The summed E-state index contributed by atoms with van der Waals surface area (Å²) in [6.45, 7) is 0. The van der Waals surface area contributed by atoms with Gasteiger partial charge in [0.25, 0.3) is 0 Å². The lowest BCUT2D eigenvalue weighted by atomic mass is 10.1. The molecule has 0 rings (SSSR count). The molecule has 13 heavy (non-hydrogen) atoms. The van der Waals surface area contributed by atoms with E-state index in [1.807, 2.05) is 0 Å². The maximum absolute atomic E-state index is 10.9. The maximum Gasteiger partial charge on any atom is 0.309 e. The van der Waals surface area contributed by atoms with Crippen molar-refractivity contribution < 1.29 is 9.53 Å². The first-order chi connectivity index (χ1) is 6.24.